The van der Waals surface area contributed by atoms with Gasteiger partial charge in [-0.05, 0) is 55.0 Å². The van der Waals surface area contributed by atoms with Crippen LogP contribution in [-0.4, -0.2) is 41.9 Å². The Bertz CT molecular complexity index is 1160. The number of carbonyl (C=O) groups is 4. The zero-order valence-electron chi connectivity index (χ0n) is 22.0. The first-order chi connectivity index (χ1) is 16.7. The van der Waals surface area contributed by atoms with Crippen molar-refractivity contribution in [1.29, 1.82) is 0 Å². The van der Waals surface area contributed by atoms with Crippen LogP contribution in [0.1, 0.15) is 64.4 Å². The molecule has 36 heavy (non-hydrogen) atoms. The molecule has 0 saturated heterocycles. The summed E-state index contributed by atoms with van der Waals surface area (Å²) in [6.45, 7) is 12.5. The monoisotopic (exact) mass is 493 g/mol. The molecule has 2 N–H and O–H groups in total. The number of nitrogens with one attached hydrogen (secondary N) is 2. The third-order valence-corrected chi connectivity index (χ3v) is 6.32. The van der Waals surface area contributed by atoms with E-state index >= 15 is 0 Å². The average molecular weight is 494 g/mol. The second-order valence-corrected chi connectivity index (χ2v) is 10.9. The van der Waals surface area contributed by atoms with Crippen molar-refractivity contribution in [3.8, 4) is 0 Å². The van der Waals surface area contributed by atoms with Gasteiger partial charge in [0.2, 0.25) is 5.91 Å². The molecule has 0 radical (unpaired) electrons. The Kier molecular flexibility index (Phi) is 7.57. The molecule has 0 saturated carbocycles. The van der Waals surface area contributed by atoms with E-state index in [0.717, 1.165) is 5.56 Å². The highest BCUT2D eigenvalue weighted by Crippen LogP contribution is 2.36. The highest BCUT2D eigenvalue weighted by Gasteiger charge is 2.44. The number of hydrogen-bond acceptors (Lipinski definition) is 5. The number of hydrogen-bond donors (Lipinski definition) is 2. The Hall–Kier alpha value is -3.68. The third-order valence-electron chi connectivity index (χ3n) is 6.32. The predicted octanol–water partition coefficient (Wildman–Crippen LogP) is 4.05. The molecule has 8 heteroatoms. The standard InChI is InChI=1S/C28H35N3O5/c1-17(2)23(30-24(33)18-12-14-19(15-13-18)27(3,4)5)25(34)36-16-22(32)31-21-11-9-8-10-20(21)29-26(35)28(31,6)7/h8-15,17,23H,16H2,1-7H3,(H,29,35)(H,30,33)/t23-/m0/s1. The summed E-state index contributed by atoms with van der Waals surface area (Å²) in [6.07, 6.45) is 0. The number of ether oxygens (including phenoxy) is 1. The first-order valence-corrected chi connectivity index (χ1v) is 12.0. The van der Waals surface area contributed by atoms with Gasteiger partial charge in [-0.2, -0.15) is 0 Å². The van der Waals surface area contributed by atoms with E-state index in [2.05, 4.69) is 31.4 Å². The lowest BCUT2D eigenvalue weighted by Crippen LogP contribution is -2.59. The number of carbonyl (C=O) groups excluding carboxylic acids is 4. The van der Waals surface area contributed by atoms with Gasteiger partial charge in [0, 0.05) is 5.56 Å². The fraction of sp³-hybridized carbons (Fsp3) is 0.429. The largest absolute Gasteiger partial charge is 0.454 e. The average Bonchev–Trinajstić information content (AvgIpc) is 2.80. The number of fused-ring (bicyclic) bond motifs is 1. The zero-order valence-corrected chi connectivity index (χ0v) is 22.0. The summed E-state index contributed by atoms with van der Waals surface area (Å²) < 4.78 is 5.35. The van der Waals surface area contributed by atoms with Crippen LogP contribution in [0.5, 0.6) is 0 Å². The lowest BCUT2D eigenvalue weighted by Gasteiger charge is -2.41. The second-order valence-electron chi connectivity index (χ2n) is 10.9. The molecule has 8 nitrogen and oxygen atoms in total. The molecule has 2 aromatic carbocycles. The Morgan fingerprint density at radius 1 is 1.03 bits per heavy atom. The number of amides is 3. The van der Waals surface area contributed by atoms with Crippen molar-refractivity contribution in [2.45, 2.75) is 65.5 Å². The molecule has 0 aliphatic carbocycles. The maximum Gasteiger partial charge on any atom is 0.329 e. The van der Waals surface area contributed by atoms with Gasteiger partial charge >= 0.3 is 5.97 Å². The Morgan fingerprint density at radius 3 is 2.22 bits per heavy atom. The van der Waals surface area contributed by atoms with Gasteiger partial charge < -0.3 is 15.4 Å². The number of nitrogens with zero attached hydrogens (tertiary/aromatic N) is 1. The molecule has 3 amide bonds. The van der Waals surface area contributed by atoms with Crippen molar-refractivity contribution in [1.82, 2.24) is 5.32 Å². The third kappa shape index (κ3) is 5.58. The van der Waals surface area contributed by atoms with E-state index < -0.39 is 36.0 Å². The number of esters is 1. The van der Waals surface area contributed by atoms with Gasteiger partial charge in [0.1, 0.15) is 11.6 Å². The maximum atomic E-state index is 13.2. The summed E-state index contributed by atoms with van der Waals surface area (Å²) >= 11 is 0. The maximum absolute atomic E-state index is 13.2. The number of benzene rings is 2. The summed E-state index contributed by atoms with van der Waals surface area (Å²) in [4.78, 5) is 52.8. The summed E-state index contributed by atoms with van der Waals surface area (Å²) in [5, 5.41) is 5.52. The van der Waals surface area contributed by atoms with Crippen molar-refractivity contribution in [2.24, 2.45) is 5.92 Å². The first-order valence-electron chi connectivity index (χ1n) is 12.0. The van der Waals surface area contributed by atoms with E-state index in [9.17, 15) is 19.2 Å². The lowest BCUT2D eigenvalue weighted by molar-refractivity contribution is -0.151. The highest BCUT2D eigenvalue weighted by molar-refractivity contribution is 6.14. The van der Waals surface area contributed by atoms with Gasteiger partial charge in [0.25, 0.3) is 11.8 Å². The van der Waals surface area contributed by atoms with Crippen molar-refractivity contribution >= 4 is 35.1 Å². The predicted molar refractivity (Wildman–Crippen MR) is 139 cm³/mol. The number of anilines is 2. The normalized spacial score (nSPS) is 15.6. The molecule has 0 bridgehead atoms. The highest BCUT2D eigenvalue weighted by atomic mass is 16.5. The minimum Gasteiger partial charge on any atom is -0.454 e. The Morgan fingerprint density at radius 2 is 1.64 bits per heavy atom. The molecule has 0 aromatic heterocycles. The minimum atomic E-state index is -1.18. The van der Waals surface area contributed by atoms with E-state index in [-0.39, 0.29) is 17.2 Å². The molecule has 0 unspecified atom stereocenters. The van der Waals surface area contributed by atoms with Gasteiger partial charge in [0.15, 0.2) is 6.61 Å². The van der Waals surface area contributed by atoms with E-state index in [4.69, 9.17) is 4.74 Å². The molecule has 1 aliphatic heterocycles. The summed E-state index contributed by atoms with van der Waals surface area (Å²) in [7, 11) is 0. The summed E-state index contributed by atoms with van der Waals surface area (Å²) in [6, 6.07) is 13.2. The molecule has 1 aliphatic rings. The Labute approximate surface area is 212 Å². The van der Waals surface area contributed by atoms with Gasteiger partial charge in [0.05, 0.1) is 11.4 Å². The first kappa shape index (κ1) is 26.9. The van der Waals surface area contributed by atoms with Crippen molar-refractivity contribution < 1.29 is 23.9 Å². The molecule has 192 valence electrons. The van der Waals surface area contributed by atoms with Gasteiger partial charge in [-0.3, -0.25) is 19.3 Å². The molecule has 1 heterocycles. The van der Waals surface area contributed by atoms with Crippen LogP contribution in [0.3, 0.4) is 0 Å². The smallest absolute Gasteiger partial charge is 0.329 e. The van der Waals surface area contributed by atoms with Gasteiger partial charge in [-0.1, -0.05) is 58.9 Å². The number of para-hydroxylation sites is 2. The SMILES string of the molecule is CC(C)[C@H](NC(=O)c1ccc(C(C)(C)C)cc1)C(=O)OCC(=O)N1c2ccccc2NC(=O)C1(C)C. The van der Waals surface area contributed by atoms with Crippen molar-refractivity contribution in [3.05, 3.63) is 59.7 Å². The number of rotatable bonds is 6. The fourth-order valence-electron chi connectivity index (χ4n) is 4.03. The topological polar surface area (TPSA) is 105 Å². The summed E-state index contributed by atoms with van der Waals surface area (Å²) in [5.74, 6) is -2.28. The summed E-state index contributed by atoms with van der Waals surface area (Å²) in [5.41, 5.74) is 1.32. The van der Waals surface area contributed by atoms with Crippen molar-refractivity contribution in [3.63, 3.8) is 0 Å². The van der Waals surface area contributed by atoms with E-state index in [1.165, 1.54) is 4.90 Å². The molecular formula is C28H35N3O5. The van der Waals surface area contributed by atoms with Gasteiger partial charge in [-0.15, -0.1) is 0 Å². The van der Waals surface area contributed by atoms with Crippen LogP contribution >= 0.6 is 0 Å². The van der Waals surface area contributed by atoms with Crippen LogP contribution in [0.4, 0.5) is 11.4 Å². The fourth-order valence-corrected chi connectivity index (χ4v) is 4.03. The molecular weight excluding hydrogens is 458 g/mol. The van der Waals surface area contributed by atoms with Crippen LogP contribution in [0.15, 0.2) is 48.5 Å². The van der Waals surface area contributed by atoms with E-state index in [1.807, 2.05) is 12.1 Å². The quantitative estimate of drug-likeness (QED) is 0.591. The van der Waals surface area contributed by atoms with Gasteiger partial charge in [-0.25, -0.2) is 4.79 Å². The molecule has 3 rings (SSSR count). The van der Waals surface area contributed by atoms with Crippen molar-refractivity contribution in [2.75, 3.05) is 16.8 Å². The second kappa shape index (κ2) is 10.1. The molecule has 0 fully saturated rings. The van der Waals surface area contributed by atoms with E-state index in [0.29, 0.717) is 16.9 Å². The van der Waals surface area contributed by atoms with Crippen LogP contribution in [0, 0.1) is 5.92 Å². The zero-order chi connectivity index (χ0) is 26.8. The van der Waals surface area contributed by atoms with E-state index in [1.54, 1.807) is 64.1 Å². The Balaban J connectivity index is 1.70. The van der Waals surface area contributed by atoms with Crippen LogP contribution in [0.2, 0.25) is 0 Å². The van der Waals surface area contributed by atoms with Crippen LogP contribution in [0.25, 0.3) is 0 Å². The minimum absolute atomic E-state index is 0.0457. The molecule has 1 atom stereocenters. The van der Waals surface area contributed by atoms with Crippen LogP contribution in [-0.2, 0) is 24.5 Å². The van der Waals surface area contributed by atoms with Crippen LogP contribution < -0.4 is 15.5 Å². The molecule has 0 spiro atoms. The molecule has 2 aromatic rings. The lowest BCUT2D eigenvalue weighted by atomic mass is 9.86.